The second-order valence-electron chi connectivity index (χ2n) is 6.64. The van der Waals surface area contributed by atoms with Crippen LogP contribution in [-0.2, 0) is 6.54 Å². The van der Waals surface area contributed by atoms with Gasteiger partial charge in [0.2, 0.25) is 0 Å². The molecule has 1 aromatic heterocycles. The highest BCUT2D eigenvalue weighted by atomic mass is 15.3. The van der Waals surface area contributed by atoms with Crippen LogP contribution in [0.4, 0.5) is 0 Å². The lowest BCUT2D eigenvalue weighted by Gasteiger charge is -2.30. The van der Waals surface area contributed by atoms with Crippen molar-refractivity contribution in [3.8, 4) is 0 Å². The summed E-state index contributed by atoms with van der Waals surface area (Å²) in [5.74, 6) is 1.35. The van der Waals surface area contributed by atoms with Gasteiger partial charge in [0.15, 0.2) is 5.96 Å². The van der Waals surface area contributed by atoms with Gasteiger partial charge in [0.05, 0.1) is 0 Å². The van der Waals surface area contributed by atoms with Crippen molar-refractivity contribution in [1.29, 1.82) is 0 Å². The Kier molecular flexibility index (Phi) is 8.69. The quantitative estimate of drug-likeness (QED) is 0.538. The molecule has 0 spiro atoms. The predicted molar refractivity (Wildman–Crippen MR) is 97.7 cm³/mol. The smallest absolute Gasteiger partial charge is 0.191 e. The van der Waals surface area contributed by atoms with Gasteiger partial charge in [-0.1, -0.05) is 6.92 Å². The maximum atomic E-state index is 4.30. The van der Waals surface area contributed by atoms with Gasteiger partial charge in [0, 0.05) is 57.7 Å². The van der Waals surface area contributed by atoms with Gasteiger partial charge < -0.3 is 10.6 Å². The van der Waals surface area contributed by atoms with E-state index in [-0.39, 0.29) is 0 Å². The fourth-order valence-corrected chi connectivity index (χ4v) is 2.70. The Morgan fingerprint density at radius 3 is 2.39 bits per heavy atom. The van der Waals surface area contributed by atoms with E-state index in [1.807, 2.05) is 30.2 Å². The molecule has 0 aliphatic heterocycles. The van der Waals surface area contributed by atoms with Gasteiger partial charge >= 0.3 is 0 Å². The molecule has 132 valence electrons. The first kappa shape index (κ1) is 19.5. The summed E-state index contributed by atoms with van der Waals surface area (Å²) in [5.41, 5.74) is 0. The molecule has 0 aliphatic carbocycles. The standard InChI is InChI=1S/C17H34N6/c1-14(2)23(15(3)4)11-9-19-17(18-6)20-12-16(5)13-22-10-7-8-21-22/h7-8,10,14-16H,9,11-13H2,1-6H3,(H2,18,19,20). The Bertz CT molecular complexity index is 430. The molecule has 0 fully saturated rings. The van der Waals surface area contributed by atoms with E-state index in [9.17, 15) is 0 Å². The molecule has 0 amide bonds. The second kappa shape index (κ2) is 10.3. The molecular formula is C17H34N6. The molecule has 0 saturated carbocycles. The van der Waals surface area contributed by atoms with E-state index in [0.29, 0.717) is 18.0 Å². The first-order valence-electron chi connectivity index (χ1n) is 8.61. The molecular weight excluding hydrogens is 288 g/mol. The molecule has 1 rings (SSSR count). The minimum absolute atomic E-state index is 0.483. The van der Waals surface area contributed by atoms with Crippen molar-refractivity contribution in [2.45, 2.75) is 53.2 Å². The van der Waals surface area contributed by atoms with Crippen molar-refractivity contribution < 1.29 is 0 Å². The van der Waals surface area contributed by atoms with Crippen LogP contribution in [0.3, 0.4) is 0 Å². The lowest BCUT2D eigenvalue weighted by molar-refractivity contribution is 0.178. The fourth-order valence-electron chi connectivity index (χ4n) is 2.70. The number of aliphatic imine (C=N–C) groups is 1. The summed E-state index contributed by atoms with van der Waals surface area (Å²) < 4.78 is 1.96. The van der Waals surface area contributed by atoms with Crippen molar-refractivity contribution in [2.75, 3.05) is 26.7 Å². The van der Waals surface area contributed by atoms with Gasteiger partial charge in [-0.15, -0.1) is 0 Å². The van der Waals surface area contributed by atoms with Crippen molar-refractivity contribution >= 4 is 5.96 Å². The third-order valence-corrected chi connectivity index (χ3v) is 3.89. The van der Waals surface area contributed by atoms with Gasteiger partial charge in [-0.25, -0.2) is 0 Å². The summed E-state index contributed by atoms with van der Waals surface area (Å²) in [4.78, 5) is 6.77. The predicted octanol–water partition coefficient (Wildman–Crippen LogP) is 1.80. The lowest BCUT2D eigenvalue weighted by Crippen LogP contribution is -2.46. The van der Waals surface area contributed by atoms with Gasteiger partial charge in [0.25, 0.3) is 0 Å². The molecule has 6 heteroatoms. The van der Waals surface area contributed by atoms with Crippen LogP contribution in [0.1, 0.15) is 34.6 Å². The zero-order chi connectivity index (χ0) is 17.2. The Labute approximate surface area is 141 Å². The van der Waals surface area contributed by atoms with Crippen LogP contribution < -0.4 is 10.6 Å². The van der Waals surface area contributed by atoms with E-state index in [4.69, 9.17) is 0 Å². The maximum absolute atomic E-state index is 4.30. The Hall–Kier alpha value is -1.56. The second-order valence-corrected chi connectivity index (χ2v) is 6.64. The molecule has 1 unspecified atom stereocenters. The van der Waals surface area contributed by atoms with Crippen LogP contribution in [0.25, 0.3) is 0 Å². The number of aromatic nitrogens is 2. The molecule has 6 nitrogen and oxygen atoms in total. The first-order valence-corrected chi connectivity index (χ1v) is 8.61. The Morgan fingerprint density at radius 1 is 1.17 bits per heavy atom. The van der Waals surface area contributed by atoms with Crippen LogP contribution in [0, 0.1) is 5.92 Å². The molecule has 23 heavy (non-hydrogen) atoms. The van der Waals surface area contributed by atoms with Gasteiger partial charge in [0.1, 0.15) is 0 Å². The summed E-state index contributed by atoms with van der Waals surface area (Å²) in [6.07, 6.45) is 3.81. The van der Waals surface area contributed by atoms with Crippen LogP contribution >= 0.6 is 0 Å². The highest BCUT2D eigenvalue weighted by Gasteiger charge is 2.12. The first-order chi connectivity index (χ1) is 10.9. The summed E-state index contributed by atoms with van der Waals surface area (Å²) in [5, 5.41) is 11.0. The molecule has 1 heterocycles. The number of nitrogens with one attached hydrogen (secondary N) is 2. The number of hydrogen-bond donors (Lipinski definition) is 2. The summed E-state index contributed by atoms with van der Waals surface area (Å²) >= 11 is 0. The summed E-state index contributed by atoms with van der Waals surface area (Å²) in [6.45, 7) is 14.9. The SMILES string of the molecule is CN=C(NCCN(C(C)C)C(C)C)NCC(C)Cn1cccn1. The van der Waals surface area contributed by atoms with Crippen molar-refractivity contribution in [1.82, 2.24) is 25.3 Å². The Balaban J connectivity index is 2.29. The molecule has 1 aromatic rings. The zero-order valence-electron chi connectivity index (χ0n) is 15.6. The van der Waals surface area contributed by atoms with E-state index in [0.717, 1.165) is 32.1 Å². The Morgan fingerprint density at radius 2 is 1.87 bits per heavy atom. The minimum atomic E-state index is 0.483. The number of nitrogens with zero attached hydrogens (tertiary/aromatic N) is 4. The van der Waals surface area contributed by atoms with Crippen molar-refractivity contribution in [3.05, 3.63) is 18.5 Å². The summed E-state index contributed by atoms with van der Waals surface area (Å²) in [6, 6.07) is 3.07. The molecule has 0 saturated heterocycles. The van der Waals surface area contributed by atoms with Crippen molar-refractivity contribution in [3.63, 3.8) is 0 Å². The normalized spacial score (nSPS) is 13.9. The zero-order valence-corrected chi connectivity index (χ0v) is 15.6. The molecule has 0 bridgehead atoms. The molecule has 0 aliphatic rings. The molecule has 2 N–H and O–H groups in total. The number of hydrogen-bond acceptors (Lipinski definition) is 3. The highest BCUT2D eigenvalue weighted by Crippen LogP contribution is 2.03. The van der Waals surface area contributed by atoms with Crippen LogP contribution in [0.2, 0.25) is 0 Å². The number of guanidine groups is 1. The van der Waals surface area contributed by atoms with Crippen LogP contribution in [-0.4, -0.2) is 59.4 Å². The largest absolute Gasteiger partial charge is 0.356 e. The topological polar surface area (TPSA) is 57.5 Å². The molecule has 0 radical (unpaired) electrons. The minimum Gasteiger partial charge on any atom is -0.356 e. The fraction of sp³-hybridized carbons (Fsp3) is 0.765. The monoisotopic (exact) mass is 322 g/mol. The van der Waals surface area contributed by atoms with E-state index < -0.39 is 0 Å². The number of rotatable bonds is 9. The average Bonchev–Trinajstić information content (AvgIpc) is 2.98. The maximum Gasteiger partial charge on any atom is 0.191 e. The van der Waals surface area contributed by atoms with E-state index >= 15 is 0 Å². The lowest BCUT2D eigenvalue weighted by atomic mass is 10.2. The van der Waals surface area contributed by atoms with Crippen LogP contribution in [0.5, 0.6) is 0 Å². The van der Waals surface area contributed by atoms with Gasteiger partial charge in [-0.2, -0.15) is 5.10 Å². The van der Waals surface area contributed by atoms with E-state index in [2.05, 4.69) is 60.2 Å². The van der Waals surface area contributed by atoms with Gasteiger partial charge in [-0.3, -0.25) is 14.6 Å². The van der Waals surface area contributed by atoms with Crippen LogP contribution in [0.15, 0.2) is 23.5 Å². The molecule has 1 atom stereocenters. The highest BCUT2D eigenvalue weighted by molar-refractivity contribution is 5.79. The van der Waals surface area contributed by atoms with E-state index in [1.165, 1.54) is 0 Å². The van der Waals surface area contributed by atoms with E-state index in [1.54, 1.807) is 0 Å². The van der Waals surface area contributed by atoms with Gasteiger partial charge in [-0.05, 0) is 39.7 Å². The third-order valence-electron chi connectivity index (χ3n) is 3.89. The average molecular weight is 323 g/mol. The van der Waals surface area contributed by atoms with Crippen molar-refractivity contribution in [2.24, 2.45) is 10.9 Å². The molecule has 0 aromatic carbocycles. The summed E-state index contributed by atoms with van der Waals surface area (Å²) in [7, 11) is 1.82. The third kappa shape index (κ3) is 7.50.